The van der Waals surface area contributed by atoms with Gasteiger partial charge in [-0.3, -0.25) is 14.4 Å². The summed E-state index contributed by atoms with van der Waals surface area (Å²) in [5.41, 5.74) is 0.907. The van der Waals surface area contributed by atoms with E-state index < -0.39 is 17.7 Å². The van der Waals surface area contributed by atoms with Crippen LogP contribution in [-0.4, -0.2) is 31.9 Å². The Morgan fingerprint density at radius 3 is 2.66 bits per heavy atom. The van der Waals surface area contributed by atoms with Crippen LogP contribution in [0.15, 0.2) is 82.0 Å². The van der Waals surface area contributed by atoms with Gasteiger partial charge < -0.3 is 14.3 Å². The van der Waals surface area contributed by atoms with Crippen LogP contribution in [0, 0.1) is 11.7 Å². The van der Waals surface area contributed by atoms with Crippen LogP contribution < -0.4 is 10.3 Å². The number of aryl methyl sites for hydroxylation is 1. The van der Waals surface area contributed by atoms with Crippen molar-refractivity contribution in [1.29, 1.82) is 0 Å². The van der Waals surface area contributed by atoms with Crippen molar-refractivity contribution in [1.82, 2.24) is 15.0 Å². The van der Waals surface area contributed by atoms with Crippen LogP contribution in [0.3, 0.4) is 0 Å². The highest BCUT2D eigenvalue weighted by Crippen LogP contribution is 2.27. The Bertz CT molecular complexity index is 1710. The summed E-state index contributed by atoms with van der Waals surface area (Å²) in [4.78, 5) is 37.4. The minimum absolute atomic E-state index is 0.00224. The molecule has 0 spiro atoms. The fourth-order valence-corrected chi connectivity index (χ4v) is 4.11. The molecule has 0 aliphatic heterocycles. The molecule has 0 amide bonds. The second-order valence-electron chi connectivity index (χ2n) is 8.78. The second kappa shape index (κ2) is 10.6. The lowest BCUT2D eigenvalue weighted by Gasteiger charge is -2.11. The van der Waals surface area contributed by atoms with Crippen LogP contribution in [0.4, 0.5) is 4.39 Å². The fraction of sp³-hybridized carbons (Fsp3) is 0.179. The van der Waals surface area contributed by atoms with Gasteiger partial charge in [-0.15, -0.1) is 5.10 Å². The van der Waals surface area contributed by atoms with E-state index in [9.17, 15) is 23.9 Å². The van der Waals surface area contributed by atoms with E-state index in [0.717, 1.165) is 4.68 Å². The number of carboxylic acid groups (broad SMARTS) is 1. The first-order valence-electron chi connectivity index (χ1n) is 11.9. The average molecular weight is 515 g/mol. The number of carbonyl (C=O) groups is 2. The third kappa shape index (κ3) is 5.29. The van der Waals surface area contributed by atoms with E-state index in [1.165, 1.54) is 12.1 Å². The summed E-state index contributed by atoms with van der Waals surface area (Å²) in [6.07, 6.45) is -0.316. The Morgan fingerprint density at radius 2 is 1.84 bits per heavy atom. The lowest BCUT2D eigenvalue weighted by Crippen LogP contribution is -2.27. The Labute approximate surface area is 215 Å². The number of ether oxygens (including phenoxy) is 1. The number of Topliss-reactive ketones (excluding diaryl/α,β-unsaturated/α-hetero) is 1. The van der Waals surface area contributed by atoms with Gasteiger partial charge in [-0.05, 0) is 48.9 Å². The summed E-state index contributed by atoms with van der Waals surface area (Å²) in [6.45, 7) is 0.0243. The number of carboxylic acids is 1. The topological polar surface area (TPSA) is 125 Å². The maximum absolute atomic E-state index is 13.8. The molecule has 0 aliphatic rings. The van der Waals surface area contributed by atoms with Gasteiger partial charge in [0.15, 0.2) is 11.5 Å². The van der Waals surface area contributed by atoms with Gasteiger partial charge in [0.2, 0.25) is 0 Å². The van der Waals surface area contributed by atoms with Crippen LogP contribution in [0.2, 0.25) is 0 Å². The van der Waals surface area contributed by atoms with Crippen molar-refractivity contribution in [3.8, 4) is 5.75 Å². The van der Waals surface area contributed by atoms with Gasteiger partial charge in [0.25, 0.3) is 5.56 Å². The summed E-state index contributed by atoms with van der Waals surface area (Å²) < 4.78 is 26.3. The number of benzene rings is 3. The molecule has 2 heterocycles. The van der Waals surface area contributed by atoms with Gasteiger partial charge in [0.1, 0.15) is 29.3 Å². The minimum atomic E-state index is -1.17. The number of hydrogen-bond donors (Lipinski definition) is 1. The zero-order valence-corrected chi connectivity index (χ0v) is 20.0. The molecule has 1 unspecified atom stereocenters. The second-order valence-corrected chi connectivity index (χ2v) is 8.78. The molecule has 1 atom stereocenters. The smallest absolute Gasteiger partial charge is 0.307 e. The quantitative estimate of drug-likeness (QED) is 0.267. The third-order valence-electron chi connectivity index (χ3n) is 6.21. The summed E-state index contributed by atoms with van der Waals surface area (Å²) in [6, 6.07) is 19.5. The molecule has 3 aromatic carbocycles. The van der Waals surface area contributed by atoms with Crippen molar-refractivity contribution in [3.63, 3.8) is 0 Å². The van der Waals surface area contributed by atoms with E-state index in [1.54, 1.807) is 60.7 Å². The molecule has 0 bridgehead atoms. The lowest BCUT2D eigenvalue weighted by molar-refractivity contribution is -0.142. The van der Waals surface area contributed by atoms with E-state index in [0.29, 0.717) is 33.2 Å². The standard InChI is InChI=1S/C28H22FN3O6/c29-22-7-3-1-5-18(22)16-37-20-9-10-25-19(13-20)15-26(38-25)24(33)14-17(28(35)36)11-12-32-27(34)21-6-2-4-8-23(21)30-31-32/h1-10,13,15,17H,11-12,14,16H2,(H,35,36). The summed E-state index contributed by atoms with van der Waals surface area (Å²) in [5, 5.41) is 18.5. The average Bonchev–Trinajstić information content (AvgIpc) is 3.35. The van der Waals surface area contributed by atoms with Crippen LogP contribution in [0.5, 0.6) is 5.75 Å². The molecule has 9 nitrogen and oxygen atoms in total. The summed E-state index contributed by atoms with van der Waals surface area (Å²) in [7, 11) is 0. The molecule has 10 heteroatoms. The number of furan rings is 1. The molecular formula is C28H22FN3O6. The van der Waals surface area contributed by atoms with Gasteiger partial charge in [-0.2, -0.15) is 0 Å². The van der Waals surface area contributed by atoms with Crippen molar-refractivity contribution >= 4 is 33.6 Å². The predicted molar refractivity (Wildman–Crippen MR) is 135 cm³/mol. The van der Waals surface area contributed by atoms with Crippen molar-refractivity contribution in [2.75, 3.05) is 0 Å². The van der Waals surface area contributed by atoms with E-state index in [-0.39, 0.29) is 43.1 Å². The predicted octanol–water partition coefficient (Wildman–Crippen LogP) is 4.62. The van der Waals surface area contributed by atoms with Crippen LogP contribution in [0.1, 0.15) is 29.0 Å². The van der Waals surface area contributed by atoms with Gasteiger partial charge in [-0.1, -0.05) is 35.5 Å². The molecule has 0 radical (unpaired) electrons. The molecule has 0 saturated heterocycles. The molecule has 0 aliphatic carbocycles. The first kappa shape index (κ1) is 24.8. The molecule has 0 fully saturated rings. The number of aromatic nitrogens is 3. The van der Waals surface area contributed by atoms with Gasteiger partial charge in [0.05, 0.1) is 11.3 Å². The van der Waals surface area contributed by atoms with Crippen molar-refractivity contribution in [2.45, 2.75) is 26.0 Å². The number of hydrogen-bond acceptors (Lipinski definition) is 7. The van der Waals surface area contributed by atoms with E-state index in [2.05, 4.69) is 10.3 Å². The Hall–Kier alpha value is -4.86. The SMILES string of the molecule is O=C(CC(CCn1nnc2ccccc2c1=O)C(=O)O)c1cc2cc(OCc3ccccc3F)ccc2o1. The van der Waals surface area contributed by atoms with Gasteiger partial charge >= 0.3 is 5.97 Å². The molecule has 192 valence electrons. The van der Waals surface area contributed by atoms with Crippen molar-refractivity contribution < 1.29 is 28.2 Å². The monoisotopic (exact) mass is 515 g/mol. The number of ketones is 1. The number of nitrogens with zero attached hydrogens (tertiary/aromatic N) is 3. The fourth-order valence-electron chi connectivity index (χ4n) is 4.11. The molecule has 1 N–H and O–H groups in total. The number of aliphatic carboxylic acids is 1. The summed E-state index contributed by atoms with van der Waals surface area (Å²) >= 11 is 0. The zero-order chi connectivity index (χ0) is 26.6. The highest BCUT2D eigenvalue weighted by atomic mass is 19.1. The maximum atomic E-state index is 13.8. The molecule has 5 aromatic rings. The van der Waals surface area contributed by atoms with E-state index >= 15 is 0 Å². The Balaban J connectivity index is 1.26. The normalized spacial score (nSPS) is 12.0. The van der Waals surface area contributed by atoms with Gasteiger partial charge in [0, 0.05) is 23.9 Å². The largest absolute Gasteiger partial charge is 0.489 e. The number of carbonyl (C=O) groups excluding carboxylic acids is 1. The van der Waals surface area contributed by atoms with E-state index in [1.807, 2.05) is 0 Å². The highest BCUT2D eigenvalue weighted by Gasteiger charge is 2.24. The number of rotatable bonds is 10. The number of fused-ring (bicyclic) bond motifs is 2. The third-order valence-corrected chi connectivity index (χ3v) is 6.21. The Kier molecular flexibility index (Phi) is 6.94. The molecule has 5 rings (SSSR count). The molecule has 38 heavy (non-hydrogen) atoms. The van der Waals surface area contributed by atoms with Crippen LogP contribution >= 0.6 is 0 Å². The van der Waals surface area contributed by atoms with Crippen molar-refractivity contribution in [3.05, 3.63) is 100 Å². The number of halogens is 1. The molecular weight excluding hydrogens is 493 g/mol. The van der Waals surface area contributed by atoms with E-state index in [4.69, 9.17) is 9.15 Å². The molecule has 2 aromatic heterocycles. The maximum Gasteiger partial charge on any atom is 0.307 e. The zero-order valence-electron chi connectivity index (χ0n) is 20.0. The lowest BCUT2D eigenvalue weighted by atomic mass is 9.98. The minimum Gasteiger partial charge on any atom is -0.489 e. The first-order valence-corrected chi connectivity index (χ1v) is 11.9. The molecule has 0 saturated carbocycles. The van der Waals surface area contributed by atoms with Gasteiger partial charge in [-0.25, -0.2) is 9.07 Å². The first-order chi connectivity index (χ1) is 18.4. The highest BCUT2D eigenvalue weighted by molar-refractivity contribution is 5.99. The van der Waals surface area contributed by atoms with Crippen molar-refractivity contribution in [2.24, 2.45) is 5.92 Å². The van der Waals surface area contributed by atoms with Crippen LogP contribution in [-0.2, 0) is 17.9 Å². The van der Waals surface area contributed by atoms with Crippen LogP contribution in [0.25, 0.3) is 21.9 Å². The summed E-state index contributed by atoms with van der Waals surface area (Å²) in [5.74, 6) is -2.60. The Morgan fingerprint density at radius 1 is 1.05 bits per heavy atom.